The van der Waals surface area contributed by atoms with E-state index in [0.29, 0.717) is 0 Å². The van der Waals surface area contributed by atoms with Gasteiger partial charge in [-0.15, -0.1) is 0 Å². The van der Waals surface area contributed by atoms with E-state index in [1.165, 1.54) is 7.05 Å². The molecule has 1 unspecified atom stereocenters. The molecular weight excluding hydrogens is 158 g/mol. The van der Waals surface area contributed by atoms with E-state index in [2.05, 4.69) is 5.32 Å². The van der Waals surface area contributed by atoms with Gasteiger partial charge in [-0.2, -0.15) is 0 Å². The Kier molecular flexibility index (Phi) is 4.85. The zero-order valence-electron chi connectivity index (χ0n) is 7.74. The molecule has 0 aliphatic rings. The Morgan fingerprint density at radius 2 is 1.92 bits per heavy atom. The minimum atomic E-state index is -1.41. The Morgan fingerprint density at radius 3 is 2.17 bits per heavy atom. The number of hydrogen-bond donors (Lipinski definition) is 3. The summed E-state index contributed by atoms with van der Waals surface area (Å²) in [6, 6.07) is 0. The molecule has 4 nitrogen and oxygen atoms in total. The van der Waals surface area contributed by atoms with Gasteiger partial charge in [-0.1, -0.05) is 13.8 Å². The first-order valence-corrected chi connectivity index (χ1v) is 4.05. The Labute approximate surface area is 72.6 Å². The lowest BCUT2D eigenvalue weighted by molar-refractivity contribution is -0.131. The molecule has 0 saturated carbocycles. The quantitative estimate of drug-likeness (QED) is 0.514. The highest BCUT2D eigenvalue weighted by Crippen LogP contribution is 2.17. The molecule has 12 heavy (non-hydrogen) atoms. The Balaban J connectivity index is 4.05. The summed E-state index contributed by atoms with van der Waals surface area (Å²) in [7, 11) is 1.53. The number of carbonyl (C=O) groups is 1. The number of nitrogens with one attached hydrogen (secondary N) is 1. The number of aliphatic hydroxyl groups excluding tert-OH is 1. The Hall–Kier alpha value is -0.610. The van der Waals surface area contributed by atoms with E-state index in [4.69, 9.17) is 10.2 Å². The fourth-order valence-corrected chi connectivity index (χ4v) is 1.00. The van der Waals surface area contributed by atoms with Crippen LogP contribution in [0.2, 0.25) is 0 Å². The van der Waals surface area contributed by atoms with Crippen molar-refractivity contribution in [3.63, 3.8) is 0 Å². The van der Waals surface area contributed by atoms with Crippen LogP contribution in [-0.2, 0) is 4.79 Å². The van der Waals surface area contributed by atoms with Crippen molar-refractivity contribution in [1.29, 1.82) is 0 Å². The third-order valence-corrected chi connectivity index (χ3v) is 1.94. The summed E-state index contributed by atoms with van der Waals surface area (Å²) in [6.07, 6.45) is -1.26. The molecule has 0 fully saturated rings. The van der Waals surface area contributed by atoms with Crippen molar-refractivity contribution in [2.24, 2.45) is 11.8 Å². The molecule has 0 aromatic carbocycles. The minimum absolute atomic E-state index is 0.0855. The van der Waals surface area contributed by atoms with Crippen LogP contribution >= 0.6 is 0 Å². The zero-order chi connectivity index (χ0) is 9.72. The first-order chi connectivity index (χ1) is 5.49. The summed E-state index contributed by atoms with van der Waals surface area (Å²) in [5.41, 5.74) is 0. The van der Waals surface area contributed by atoms with Gasteiger partial charge in [0.05, 0.1) is 0 Å². The van der Waals surface area contributed by atoms with E-state index < -0.39 is 6.29 Å². The molecule has 0 heterocycles. The van der Waals surface area contributed by atoms with Crippen LogP contribution in [0, 0.1) is 11.8 Å². The molecule has 1 atom stereocenters. The molecule has 0 aromatic rings. The van der Waals surface area contributed by atoms with Crippen LogP contribution in [0.15, 0.2) is 0 Å². The highest BCUT2D eigenvalue weighted by atomic mass is 16.5. The van der Waals surface area contributed by atoms with Crippen LogP contribution in [0.4, 0.5) is 0 Å². The Bertz CT molecular complexity index is 137. The van der Waals surface area contributed by atoms with Crippen LogP contribution in [-0.4, -0.2) is 29.5 Å². The smallest absolute Gasteiger partial charge is 0.220 e. The van der Waals surface area contributed by atoms with Crippen molar-refractivity contribution in [2.45, 2.75) is 26.6 Å². The molecule has 0 saturated heterocycles. The second-order valence-corrected chi connectivity index (χ2v) is 3.20. The van der Waals surface area contributed by atoms with Crippen LogP contribution in [0.5, 0.6) is 0 Å². The van der Waals surface area contributed by atoms with Gasteiger partial charge in [0, 0.05) is 19.4 Å². The molecule has 0 aliphatic heterocycles. The van der Waals surface area contributed by atoms with Gasteiger partial charge in [0.15, 0.2) is 6.29 Å². The lowest BCUT2D eigenvalue weighted by atomic mass is 9.92. The van der Waals surface area contributed by atoms with E-state index in [-0.39, 0.29) is 24.2 Å². The van der Waals surface area contributed by atoms with Crippen molar-refractivity contribution < 1.29 is 15.0 Å². The van der Waals surface area contributed by atoms with Crippen molar-refractivity contribution in [3.8, 4) is 0 Å². The van der Waals surface area contributed by atoms with Gasteiger partial charge in [0.25, 0.3) is 0 Å². The molecule has 1 amide bonds. The lowest BCUT2D eigenvalue weighted by Crippen LogP contribution is -2.31. The first-order valence-electron chi connectivity index (χ1n) is 4.05. The fraction of sp³-hybridized carbons (Fsp3) is 0.875. The van der Waals surface area contributed by atoms with Gasteiger partial charge in [0.1, 0.15) is 0 Å². The van der Waals surface area contributed by atoms with Gasteiger partial charge in [-0.05, 0) is 5.92 Å². The average Bonchev–Trinajstić information content (AvgIpc) is 1.98. The maximum absolute atomic E-state index is 10.9. The van der Waals surface area contributed by atoms with Gasteiger partial charge >= 0.3 is 0 Å². The normalized spacial score (nSPS) is 13.6. The number of aliphatic hydroxyl groups is 2. The van der Waals surface area contributed by atoms with Crippen molar-refractivity contribution in [1.82, 2.24) is 5.32 Å². The van der Waals surface area contributed by atoms with E-state index in [1.807, 2.05) is 13.8 Å². The van der Waals surface area contributed by atoms with Gasteiger partial charge in [-0.25, -0.2) is 0 Å². The van der Waals surface area contributed by atoms with E-state index >= 15 is 0 Å². The standard InChI is InChI=1S/C8H17NO3/c1-5(2)6(8(11)12)4-7(10)9-3/h5-6,8,11-12H,4H2,1-3H3,(H,9,10). The molecule has 0 aromatic heterocycles. The summed E-state index contributed by atoms with van der Waals surface area (Å²) in [4.78, 5) is 10.9. The maximum atomic E-state index is 10.9. The number of rotatable bonds is 4. The minimum Gasteiger partial charge on any atom is -0.368 e. The Morgan fingerprint density at radius 1 is 1.42 bits per heavy atom. The third-order valence-electron chi connectivity index (χ3n) is 1.94. The van der Waals surface area contributed by atoms with E-state index in [9.17, 15) is 4.79 Å². The zero-order valence-corrected chi connectivity index (χ0v) is 7.74. The van der Waals surface area contributed by atoms with Crippen molar-refractivity contribution in [3.05, 3.63) is 0 Å². The number of amides is 1. The molecular formula is C8H17NO3. The predicted molar refractivity (Wildman–Crippen MR) is 45.2 cm³/mol. The monoisotopic (exact) mass is 175 g/mol. The van der Waals surface area contributed by atoms with Gasteiger partial charge < -0.3 is 15.5 Å². The number of hydrogen-bond acceptors (Lipinski definition) is 3. The summed E-state index contributed by atoms with van der Waals surface area (Å²) >= 11 is 0. The molecule has 0 radical (unpaired) electrons. The lowest BCUT2D eigenvalue weighted by Gasteiger charge is -2.21. The van der Waals surface area contributed by atoms with E-state index in [0.717, 1.165) is 0 Å². The fourth-order valence-electron chi connectivity index (χ4n) is 1.00. The van der Waals surface area contributed by atoms with Crippen LogP contribution in [0.1, 0.15) is 20.3 Å². The number of carbonyl (C=O) groups excluding carboxylic acids is 1. The van der Waals surface area contributed by atoms with E-state index in [1.54, 1.807) is 0 Å². The predicted octanol–water partition coefficient (Wildman–Crippen LogP) is -0.295. The second kappa shape index (κ2) is 5.11. The molecule has 4 heteroatoms. The molecule has 0 rings (SSSR count). The summed E-state index contributed by atoms with van der Waals surface area (Å²) < 4.78 is 0. The first kappa shape index (κ1) is 11.4. The van der Waals surface area contributed by atoms with Crippen LogP contribution in [0.25, 0.3) is 0 Å². The van der Waals surface area contributed by atoms with Gasteiger partial charge in [-0.3, -0.25) is 4.79 Å². The molecule has 0 aliphatic carbocycles. The summed E-state index contributed by atoms with van der Waals surface area (Å²) in [5.74, 6) is -0.464. The SMILES string of the molecule is CNC(=O)CC(C(C)C)C(O)O. The van der Waals surface area contributed by atoms with Crippen LogP contribution in [0.3, 0.4) is 0 Å². The highest BCUT2D eigenvalue weighted by molar-refractivity contribution is 5.75. The maximum Gasteiger partial charge on any atom is 0.220 e. The summed E-state index contributed by atoms with van der Waals surface area (Å²) in [6.45, 7) is 3.71. The average molecular weight is 175 g/mol. The summed E-state index contributed by atoms with van der Waals surface area (Å²) in [5, 5.41) is 20.2. The molecule has 72 valence electrons. The van der Waals surface area contributed by atoms with Gasteiger partial charge in [0.2, 0.25) is 5.91 Å². The molecule has 3 N–H and O–H groups in total. The van der Waals surface area contributed by atoms with Crippen molar-refractivity contribution in [2.75, 3.05) is 7.05 Å². The topological polar surface area (TPSA) is 69.6 Å². The van der Waals surface area contributed by atoms with Crippen molar-refractivity contribution >= 4 is 5.91 Å². The third kappa shape index (κ3) is 3.69. The van der Waals surface area contributed by atoms with Crippen LogP contribution < -0.4 is 5.32 Å². The molecule has 0 spiro atoms. The second-order valence-electron chi connectivity index (χ2n) is 3.20. The largest absolute Gasteiger partial charge is 0.368 e. The highest BCUT2D eigenvalue weighted by Gasteiger charge is 2.22. The molecule has 0 bridgehead atoms.